The molecule has 0 saturated heterocycles. The lowest BCUT2D eigenvalue weighted by molar-refractivity contribution is -0.129. The van der Waals surface area contributed by atoms with Crippen molar-refractivity contribution in [2.45, 2.75) is 38.0 Å². The Morgan fingerprint density at radius 2 is 1.95 bits per heavy atom. The maximum Gasteiger partial charge on any atom is 0.335 e. The van der Waals surface area contributed by atoms with Crippen molar-refractivity contribution in [3.63, 3.8) is 0 Å². The zero-order chi connectivity index (χ0) is 16.2. The van der Waals surface area contributed by atoms with Gasteiger partial charge in [0.15, 0.2) is 0 Å². The molecule has 1 fully saturated rings. The van der Waals surface area contributed by atoms with Crippen LogP contribution in [0.3, 0.4) is 0 Å². The number of alkyl halides is 2. The molecule has 120 valence electrons. The Hall–Kier alpha value is -1.98. The fourth-order valence-electron chi connectivity index (χ4n) is 2.64. The number of aromatic carboxylic acids is 1. The third kappa shape index (κ3) is 4.51. The van der Waals surface area contributed by atoms with Crippen molar-refractivity contribution in [3.8, 4) is 0 Å². The molecule has 0 aliphatic heterocycles. The van der Waals surface area contributed by atoms with E-state index in [1.807, 2.05) is 0 Å². The van der Waals surface area contributed by atoms with E-state index < -0.39 is 11.9 Å². The maximum absolute atomic E-state index is 13.0. The van der Waals surface area contributed by atoms with Gasteiger partial charge in [-0.15, -0.1) is 0 Å². The first-order chi connectivity index (χ1) is 10.4. The van der Waals surface area contributed by atoms with E-state index in [4.69, 9.17) is 5.11 Å². The number of carbonyl (C=O) groups excluding carboxylic acids is 1. The Morgan fingerprint density at radius 3 is 2.59 bits per heavy atom. The smallest absolute Gasteiger partial charge is 0.335 e. The highest BCUT2D eigenvalue weighted by Gasteiger charge is 2.37. The molecule has 2 rings (SSSR count). The van der Waals surface area contributed by atoms with Crippen LogP contribution < -0.4 is 5.32 Å². The Kier molecular flexibility index (Phi) is 5.11. The van der Waals surface area contributed by atoms with Gasteiger partial charge in [0.25, 0.3) is 0 Å². The van der Waals surface area contributed by atoms with Gasteiger partial charge in [-0.3, -0.25) is 4.79 Å². The SMILES string of the molecule is O=C(O)c1cccc(CCNC(=O)C2CCC(F)(F)CC2)c1. The minimum absolute atomic E-state index is 0.190. The van der Waals surface area contributed by atoms with Crippen LogP contribution in [0, 0.1) is 5.92 Å². The first kappa shape index (κ1) is 16.4. The van der Waals surface area contributed by atoms with Gasteiger partial charge in [-0.1, -0.05) is 12.1 Å². The average Bonchev–Trinajstić information content (AvgIpc) is 2.47. The minimum Gasteiger partial charge on any atom is -0.478 e. The summed E-state index contributed by atoms with van der Waals surface area (Å²) in [5, 5.41) is 11.7. The van der Waals surface area contributed by atoms with Crippen molar-refractivity contribution in [3.05, 3.63) is 35.4 Å². The second kappa shape index (κ2) is 6.85. The lowest BCUT2D eigenvalue weighted by Crippen LogP contribution is -2.36. The normalized spacial score (nSPS) is 17.9. The fourth-order valence-corrected chi connectivity index (χ4v) is 2.64. The van der Waals surface area contributed by atoms with Crippen molar-refractivity contribution in [2.24, 2.45) is 5.92 Å². The second-order valence-corrected chi connectivity index (χ2v) is 5.68. The highest BCUT2D eigenvalue weighted by atomic mass is 19.3. The molecule has 0 bridgehead atoms. The summed E-state index contributed by atoms with van der Waals surface area (Å²) in [6.45, 7) is 0.370. The second-order valence-electron chi connectivity index (χ2n) is 5.68. The number of rotatable bonds is 5. The van der Waals surface area contributed by atoms with Crippen LogP contribution in [0.1, 0.15) is 41.6 Å². The Labute approximate surface area is 127 Å². The van der Waals surface area contributed by atoms with E-state index in [9.17, 15) is 18.4 Å². The molecule has 0 radical (unpaired) electrons. The van der Waals surface area contributed by atoms with Crippen molar-refractivity contribution in [1.29, 1.82) is 0 Å². The van der Waals surface area contributed by atoms with E-state index in [0.29, 0.717) is 13.0 Å². The third-order valence-corrected chi connectivity index (χ3v) is 3.97. The van der Waals surface area contributed by atoms with Crippen molar-refractivity contribution < 1.29 is 23.5 Å². The molecule has 1 aliphatic carbocycles. The summed E-state index contributed by atoms with van der Waals surface area (Å²) in [4.78, 5) is 22.8. The number of benzene rings is 1. The minimum atomic E-state index is -2.63. The zero-order valence-electron chi connectivity index (χ0n) is 12.1. The monoisotopic (exact) mass is 311 g/mol. The predicted molar refractivity (Wildman–Crippen MR) is 77.0 cm³/mol. The van der Waals surface area contributed by atoms with Gasteiger partial charge in [0.05, 0.1) is 5.56 Å². The van der Waals surface area contributed by atoms with Gasteiger partial charge in [-0.2, -0.15) is 0 Å². The molecule has 0 atom stereocenters. The van der Waals surface area contributed by atoms with Crippen LogP contribution in [0.2, 0.25) is 0 Å². The fraction of sp³-hybridized carbons (Fsp3) is 0.500. The van der Waals surface area contributed by atoms with Gasteiger partial charge in [-0.25, -0.2) is 13.6 Å². The molecule has 2 N–H and O–H groups in total. The average molecular weight is 311 g/mol. The van der Waals surface area contributed by atoms with Crippen LogP contribution in [0.5, 0.6) is 0 Å². The molecular formula is C16H19F2NO3. The molecule has 22 heavy (non-hydrogen) atoms. The zero-order valence-corrected chi connectivity index (χ0v) is 12.1. The summed E-state index contributed by atoms with van der Waals surface area (Å²) >= 11 is 0. The number of carbonyl (C=O) groups is 2. The molecule has 0 unspecified atom stereocenters. The Morgan fingerprint density at radius 1 is 1.27 bits per heavy atom. The summed E-state index contributed by atoms with van der Waals surface area (Å²) in [6.07, 6.45) is 0.480. The highest BCUT2D eigenvalue weighted by Crippen LogP contribution is 2.36. The van der Waals surface area contributed by atoms with Crippen molar-refractivity contribution in [1.82, 2.24) is 5.32 Å². The van der Waals surface area contributed by atoms with E-state index in [0.717, 1.165) is 5.56 Å². The van der Waals surface area contributed by atoms with E-state index in [2.05, 4.69) is 5.32 Å². The number of hydrogen-bond donors (Lipinski definition) is 2. The number of nitrogens with one attached hydrogen (secondary N) is 1. The summed E-state index contributed by atoms with van der Waals surface area (Å²) in [5.74, 6) is -4.16. The largest absolute Gasteiger partial charge is 0.478 e. The van der Waals surface area contributed by atoms with Gasteiger partial charge in [0.2, 0.25) is 11.8 Å². The Bertz CT molecular complexity index is 550. The molecule has 1 aliphatic rings. The van der Waals surface area contributed by atoms with Gasteiger partial charge in [0, 0.05) is 25.3 Å². The molecule has 1 amide bonds. The van der Waals surface area contributed by atoms with Gasteiger partial charge in [-0.05, 0) is 37.0 Å². The molecular weight excluding hydrogens is 292 g/mol. The number of halogens is 2. The first-order valence-corrected chi connectivity index (χ1v) is 7.35. The third-order valence-electron chi connectivity index (χ3n) is 3.97. The molecule has 0 heterocycles. The topological polar surface area (TPSA) is 66.4 Å². The van der Waals surface area contributed by atoms with Gasteiger partial charge in [0.1, 0.15) is 0 Å². The van der Waals surface area contributed by atoms with Crippen molar-refractivity contribution in [2.75, 3.05) is 6.54 Å². The summed E-state index contributed by atoms with van der Waals surface area (Å²) in [7, 11) is 0. The summed E-state index contributed by atoms with van der Waals surface area (Å²) in [5.41, 5.74) is 1.02. The van der Waals surface area contributed by atoms with Gasteiger partial charge >= 0.3 is 5.97 Å². The summed E-state index contributed by atoms with van der Waals surface area (Å²) in [6, 6.07) is 6.52. The van der Waals surface area contributed by atoms with Gasteiger partial charge < -0.3 is 10.4 Å². The highest BCUT2D eigenvalue weighted by molar-refractivity contribution is 5.87. The lowest BCUT2D eigenvalue weighted by atomic mass is 9.86. The van der Waals surface area contributed by atoms with Crippen molar-refractivity contribution >= 4 is 11.9 Å². The molecule has 1 aromatic carbocycles. The van der Waals surface area contributed by atoms with Crippen LogP contribution in [0.4, 0.5) is 8.78 Å². The summed E-state index contributed by atoms with van der Waals surface area (Å²) < 4.78 is 26.1. The molecule has 4 nitrogen and oxygen atoms in total. The molecule has 0 aromatic heterocycles. The van der Waals surface area contributed by atoms with Crippen LogP contribution in [-0.2, 0) is 11.2 Å². The van der Waals surface area contributed by atoms with Crippen LogP contribution in [0.25, 0.3) is 0 Å². The van der Waals surface area contributed by atoms with E-state index in [-0.39, 0.29) is 43.1 Å². The van der Waals surface area contributed by atoms with Crippen LogP contribution in [-0.4, -0.2) is 29.5 Å². The van der Waals surface area contributed by atoms with E-state index in [1.54, 1.807) is 18.2 Å². The number of amides is 1. The molecule has 6 heteroatoms. The van der Waals surface area contributed by atoms with E-state index in [1.165, 1.54) is 6.07 Å². The first-order valence-electron chi connectivity index (χ1n) is 7.35. The van der Waals surface area contributed by atoms with Crippen LogP contribution in [0.15, 0.2) is 24.3 Å². The molecule has 1 saturated carbocycles. The lowest BCUT2D eigenvalue weighted by Gasteiger charge is -2.27. The quantitative estimate of drug-likeness (QED) is 0.878. The van der Waals surface area contributed by atoms with Crippen LogP contribution >= 0.6 is 0 Å². The Balaban J connectivity index is 1.78. The molecule has 0 spiro atoms. The maximum atomic E-state index is 13.0. The standard InChI is InChI=1S/C16H19F2NO3/c17-16(18)7-4-12(5-8-16)14(20)19-9-6-11-2-1-3-13(10-11)15(21)22/h1-3,10,12H,4-9H2,(H,19,20)(H,21,22). The number of carboxylic acid groups (broad SMARTS) is 1. The predicted octanol–water partition coefficient (Wildman–Crippen LogP) is 2.87. The van der Waals surface area contributed by atoms with E-state index >= 15 is 0 Å². The number of hydrogen-bond acceptors (Lipinski definition) is 2. The number of carboxylic acids is 1. The molecule has 1 aromatic rings.